The smallest absolute Gasteiger partial charge is 0.422 e. The minimum atomic E-state index is -4.59. The molecule has 0 amide bonds. The Kier molecular flexibility index (Phi) is 6.76. The molecule has 1 aliphatic carbocycles. The monoisotopic (exact) mass is 512 g/mol. The summed E-state index contributed by atoms with van der Waals surface area (Å²) in [5.41, 5.74) is 1.57. The van der Waals surface area contributed by atoms with Crippen LogP contribution in [-0.4, -0.2) is 46.1 Å². The number of halogens is 4. The lowest BCUT2D eigenvalue weighted by Crippen LogP contribution is -2.19. The van der Waals surface area contributed by atoms with Gasteiger partial charge in [-0.2, -0.15) is 17.5 Å². The Morgan fingerprint density at radius 3 is 2.57 bits per heavy atom. The summed E-state index contributed by atoms with van der Waals surface area (Å²) in [6, 6.07) is 4.86. The summed E-state index contributed by atoms with van der Waals surface area (Å²) in [7, 11) is -2.50. The molecular formula is C23H24F4N4O3S. The van der Waals surface area contributed by atoms with Gasteiger partial charge in [0.15, 0.2) is 6.61 Å². The molecule has 3 aromatic rings. The second-order valence-electron chi connectivity index (χ2n) is 8.66. The van der Waals surface area contributed by atoms with Crippen LogP contribution in [0.4, 0.5) is 34.8 Å². The highest BCUT2D eigenvalue weighted by Gasteiger charge is 2.29. The van der Waals surface area contributed by atoms with Crippen molar-refractivity contribution in [1.29, 1.82) is 0 Å². The van der Waals surface area contributed by atoms with Gasteiger partial charge in [-0.1, -0.05) is 0 Å². The van der Waals surface area contributed by atoms with Gasteiger partial charge in [0.1, 0.15) is 35.1 Å². The van der Waals surface area contributed by atoms with Gasteiger partial charge in [-0.3, -0.25) is 0 Å². The number of benzene rings is 2. The van der Waals surface area contributed by atoms with Crippen molar-refractivity contribution in [1.82, 2.24) is 9.97 Å². The molecule has 0 saturated heterocycles. The summed E-state index contributed by atoms with van der Waals surface area (Å²) in [5, 5.41) is 3.47. The largest absolute Gasteiger partial charge is 0.491 e. The van der Waals surface area contributed by atoms with Gasteiger partial charge in [0.25, 0.3) is 0 Å². The Hall–Kier alpha value is -3.15. The number of alkyl halides is 3. The molecule has 4 rings (SSSR count). The van der Waals surface area contributed by atoms with E-state index in [1.54, 1.807) is 13.0 Å². The summed E-state index contributed by atoms with van der Waals surface area (Å²) >= 11 is 0. The third-order valence-corrected chi connectivity index (χ3v) is 5.80. The minimum Gasteiger partial charge on any atom is -0.491 e. The van der Waals surface area contributed by atoms with Crippen molar-refractivity contribution in [2.75, 3.05) is 31.0 Å². The predicted octanol–water partition coefficient (Wildman–Crippen LogP) is 5.91. The molecule has 1 N–H and O–H groups in total. The highest BCUT2D eigenvalue weighted by molar-refractivity contribution is 7.92. The van der Waals surface area contributed by atoms with E-state index >= 15 is 0 Å². The molecule has 0 spiro atoms. The predicted molar refractivity (Wildman–Crippen MR) is 126 cm³/mol. The number of anilines is 2. The number of nitrogens with one attached hydrogen (secondary N) is 1. The molecule has 0 bridgehead atoms. The molecule has 0 atom stereocenters. The minimum absolute atomic E-state index is 0.0920. The van der Waals surface area contributed by atoms with Gasteiger partial charge in [0.2, 0.25) is 0 Å². The van der Waals surface area contributed by atoms with E-state index in [1.165, 1.54) is 24.9 Å². The zero-order valence-corrected chi connectivity index (χ0v) is 20.1. The number of hydrogen-bond acceptors (Lipinski definition) is 7. The van der Waals surface area contributed by atoms with Crippen LogP contribution in [0.1, 0.15) is 18.4 Å². The molecule has 35 heavy (non-hydrogen) atoms. The quantitative estimate of drug-likeness (QED) is 0.378. The van der Waals surface area contributed by atoms with Crippen LogP contribution in [0.15, 0.2) is 35.0 Å². The second-order valence-corrected chi connectivity index (χ2v) is 11.2. The number of hydrogen-bond donors (Lipinski definition) is 1. The second kappa shape index (κ2) is 9.48. The number of nitrogens with zero attached hydrogens (tertiary/aromatic N) is 3. The maximum Gasteiger partial charge on any atom is 0.422 e. The molecule has 1 aromatic heterocycles. The fraction of sp³-hybridized carbons (Fsp3) is 0.391. The normalized spacial score (nSPS) is 14.1. The van der Waals surface area contributed by atoms with Gasteiger partial charge >= 0.3 is 6.18 Å². The van der Waals surface area contributed by atoms with E-state index in [0.29, 0.717) is 40.4 Å². The van der Waals surface area contributed by atoms with Gasteiger partial charge in [0.05, 0.1) is 17.8 Å². The van der Waals surface area contributed by atoms with Gasteiger partial charge < -0.3 is 14.8 Å². The van der Waals surface area contributed by atoms with Crippen LogP contribution in [-0.2, 0) is 9.73 Å². The van der Waals surface area contributed by atoms with Gasteiger partial charge in [-0.05, 0) is 43.9 Å². The molecule has 1 aliphatic rings. The van der Waals surface area contributed by atoms with Crippen LogP contribution in [0.5, 0.6) is 11.5 Å². The molecule has 0 aliphatic heterocycles. The van der Waals surface area contributed by atoms with Crippen molar-refractivity contribution in [2.45, 2.75) is 25.9 Å². The molecule has 1 saturated carbocycles. The molecule has 12 heteroatoms. The number of aromatic nitrogens is 2. The average molecular weight is 513 g/mol. The van der Waals surface area contributed by atoms with Crippen molar-refractivity contribution in [2.24, 2.45) is 10.3 Å². The van der Waals surface area contributed by atoms with Gasteiger partial charge in [-0.25, -0.2) is 18.6 Å². The van der Waals surface area contributed by atoms with E-state index in [9.17, 15) is 21.8 Å². The lowest BCUT2D eigenvalue weighted by atomic mass is 10.1. The average Bonchev–Trinajstić information content (AvgIpc) is 3.56. The molecule has 188 valence electrons. The molecule has 2 aromatic carbocycles. The Morgan fingerprint density at radius 1 is 1.17 bits per heavy atom. The highest BCUT2D eigenvalue weighted by Crippen LogP contribution is 2.42. The van der Waals surface area contributed by atoms with Crippen molar-refractivity contribution < 1.29 is 31.2 Å². The zero-order valence-electron chi connectivity index (χ0n) is 19.3. The third kappa shape index (κ3) is 6.50. The Balaban J connectivity index is 1.79. The third-order valence-electron chi connectivity index (χ3n) is 5.16. The van der Waals surface area contributed by atoms with Crippen molar-refractivity contribution >= 4 is 37.8 Å². The van der Waals surface area contributed by atoms with Crippen LogP contribution in [0, 0.1) is 18.7 Å². The molecule has 0 radical (unpaired) electrons. The van der Waals surface area contributed by atoms with Gasteiger partial charge in [-0.15, -0.1) is 0 Å². The number of rotatable bonds is 8. The SMILES string of the molecule is Cc1c(OCC2CC2)c(N=S(C)(C)=O)cc2ncnc(Nc3ccc(F)cc3OCC(F)(F)F)c12. The lowest BCUT2D eigenvalue weighted by Gasteiger charge is -2.18. The van der Waals surface area contributed by atoms with Crippen molar-refractivity contribution in [3.63, 3.8) is 0 Å². The zero-order chi connectivity index (χ0) is 25.4. The Labute approximate surface area is 200 Å². The Morgan fingerprint density at radius 2 is 1.91 bits per heavy atom. The summed E-state index contributed by atoms with van der Waals surface area (Å²) in [6.07, 6.45) is 1.85. The summed E-state index contributed by atoms with van der Waals surface area (Å²) < 4.78 is 79.5. The molecule has 0 unspecified atom stereocenters. The van der Waals surface area contributed by atoms with Crippen LogP contribution in [0.3, 0.4) is 0 Å². The first-order valence-electron chi connectivity index (χ1n) is 10.7. The molecule has 7 nitrogen and oxygen atoms in total. The fourth-order valence-corrected chi connectivity index (χ4v) is 4.06. The number of aryl methyl sites for hydroxylation is 1. The van der Waals surface area contributed by atoms with Crippen molar-refractivity contribution in [3.05, 3.63) is 42.0 Å². The highest BCUT2D eigenvalue weighted by atomic mass is 32.2. The van der Waals surface area contributed by atoms with E-state index < -0.39 is 28.3 Å². The summed E-state index contributed by atoms with van der Waals surface area (Å²) in [6.45, 7) is 0.677. The maximum absolute atomic E-state index is 13.7. The van der Waals surface area contributed by atoms with E-state index in [2.05, 4.69) is 19.6 Å². The van der Waals surface area contributed by atoms with Crippen LogP contribution < -0.4 is 14.8 Å². The number of ether oxygens (including phenoxy) is 2. The molecular weight excluding hydrogens is 488 g/mol. The lowest BCUT2D eigenvalue weighted by molar-refractivity contribution is -0.153. The summed E-state index contributed by atoms with van der Waals surface area (Å²) in [5.74, 6) is 0.0723. The standard InChI is InChI=1S/C23H24F4N4O3S/c1-13-20-17(9-18(31-35(2,3)32)21(13)33-10-14-4-5-14)28-12-29-22(20)30-16-7-6-15(24)8-19(16)34-11-23(25,26)27/h6-9,12,14H,4-5,10-11H2,1-3H3,(H,28,29,30). The van der Waals surface area contributed by atoms with Crippen LogP contribution in [0.2, 0.25) is 0 Å². The first-order valence-corrected chi connectivity index (χ1v) is 13.1. The van der Waals surface area contributed by atoms with E-state index in [-0.39, 0.29) is 17.3 Å². The molecule has 1 fully saturated rings. The van der Waals surface area contributed by atoms with E-state index in [0.717, 1.165) is 25.0 Å². The molecule has 1 heterocycles. The van der Waals surface area contributed by atoms with Gasteiger partial charge in [0, 0.05) is 39.3 Å². The van der Waals surface area contributed by atoms with E-state index in [4.69, 9.17) is 9.47 Å². The van der Waals surface area contributed by atoms with Crippen LogP contribution in [0.25, 0.3) is 10.9 Å². The van der Waals surface area contributed by atoms with E-state index in [1.807, 2.05) is 0 Å². The first kappa shape index (κ1) is 25.0. The van der Waals surface area contributed by atoms with Crippen LogP contribution >= 0.6 is 0 Å². The Bertz CT molecular complexity index is 1380. The number of fused-ring (bicyclic) bond motifs is 1. The summed E-state index contributed by atoms with van der Waals surface area (Å²) in [4.78, 5) is 8.54. The fourth-order valence-electron chi connectivity index (χ4n) is 3.45. The maximum atomic E-state index is 13.7. The van der Waals surface area contributed by atoms with Crippen molar-refractivity contribution in [3.8, 4) is 11.5 Å². The topological polar surface area (TPSA) is 85.7 Å². The first-order chi connectivity index (χ1) is 16.4.